The Kier molecular flexibility index (Phi) is 6.29. The minimum Gasteiger partial charge on any atom is -0.347 e. The summed E-state index contributed by atoms with van der Waals surface area (Å²) in [6, 6.07) is 13.3. The quantitative estimate of drug-likeness (QED) is 0.345. The first-order valence-electron chi connectivity index (χ1n) is 10.1. The fourth-order valence-electron chi connectivity index (χ4n) is 3.51. The second-order valence-electron chi connectivity index (χ2n) is 7.22. The van der Waals surface area contributed by atoms with Crippen molar-refractivity contribution in [3.8, 4) is 10.4 Å². The number of thioether (sulfide) groups is 1. The summed E-state index contributed by atoms with van der Waals surface area (Å²) in [5.74, 6) is -0.921. The number of imide groups is 1. The van der Waals surface area contributed by atoms with Gasteiger partial charge in [0.1, 0.15) is 10.5 Å². The number of benzene rings is 1. The molecule has 164 valence electrons. The van der Waals surface area contributed by atoms with Crippen LogP contribution in [0.15, 0.2) is 58.6 Å². The molecule has 4 aromatic rings. The van der Waals surface area contributed by atoms with Gasteiger partial charge in [-0.1, -0.05) is 42.1 Å². The molecule has 0 saturated heterocycles. The van der Waals surface area contributed by atoms with Gasteiger partial charge < -0.3 is 4.57 Å². The molecule has 0 spiro atoms. The van der Waals surface area contributed by atoms with Crippen LogP contribution in [0.5, 0.6) is 0 Å². The zero-order valence-electron chi connectivity index (χ0n) is 17.9. The van der Waals surface area contributed by atoms with Crippen molar-refractivity contribution in [2.75, 3.05) is 5.75 Å². The molecule has 0 radical (unpaired) electrons. The van der Waals surface area contributed by atoms with E-state index in [1.807, 2.05) is 44.2 Å². The van der Waals surface area contributed by atoms with Gasteiger partial charge in [0.2, 0.25) is 5.91 Å². The van der Waals surface area contributed by atoms with Gasteiger partial charge in [0, 0.05) is 24.7 Å². The second kappa shape index (κ2) is 9.13. The van der Waals surface area contributed by atoms with Crippen LogP contribution in [0.25, 0.3) is 20.7 Å². The number of hydrogen-bond donors (Lipinski definition) is 1. The van der Waals surface area contributed by atoms with Crippen LogP contribution in [-0.4, -0.2) is 31.7 Å². The Morgan fingerprint density at radius 1 is 1.16 bits per heavy atom. The zero-order chi connectivity index (χ0) is 22.8. The number of hydrogen-bond acceptors (Lipinski definition) is 6. The number of nitrogens with one attached hydrogen (secondary N) is 1. The van der Waals surface area contributed by atoms with Gasteiger partial charge in [-0.2, -0.15) is 0 Å². The molecule has 2 amide bonds. The lowest BCUT2D eigenvalue weighted by Crippen LogP contribution is -2.33. The van der Waals surface area contributed by atoms with E-state index in [0.717, 1.165) is 27.8 Å². The van der Waals surface area contributed by atoms with Crippen LogP contribution in [0.1, 0.15) is 23.0 Å². The molecule has 3 heterocycles. The standard InChI is InChI=1S/C23H22N4O3S2/c1-4-27-22(30)18-14(2)19(15-9-6-5-7-10-15)32-21(18)25-23(27)31-13-17(28)24-20(29)16-11-8-12-26(16)3/h5-12H,4,13H2,1-3H3,(H,24,28,29). The Bertz CT molecular complexity index is 1370. The molecule has 0 bridgehead atoms. The summed E-state index contributed by atoms with van der Waals surface area (Å²) >= 11 is 2.62. The van der Waals surface area contributed by atoms with Gasteiger partial charge in [-0.3, -0.25) is 24.3 Å². The second-order valence-corrected chi connectivity index (χ2v) is 9.16. The van der Waals surface area contributed by atoms with Crippen LogP contribution in [0.2, 0.25) is 0 Å². The van der Waals surface area contributed by atoms with E-state index in [4.69, 9.17) is 4.98 Å². The molecule has 0 saturated carbocycles. The third-order valence-electron chi connectivity index (χ3n) is 5.13. The minimum absolute atomic E-state index is 0.0238. The van der Waals surface area contributed by atoms with Crippen LogP contribution in [0, 0.1) is 6.92 Å². The predicted octanol–water partition coefficient (Wildman–Crippen LogP) is 3.84. The molecule has 9 heteroatoms. The monoisotopic (exact) mass is 466 g/mol. The third-order valence-corrected chi connectivity index (χ3v) is 7.34. The number of aryl methyl sites for hydroxylation is 2. The van der Waals surface area contributed by atoms with Gasteiger partial charge in [-0.25, -0.2) is 4.98 Å². The normalized spacial score (nSPS) is 11.1. The van der Waals surface area contributed by atoms with E-state index >= 15 is 0 Å². The smallest absolute Gasteiger partial charge is 0.274 e. The summed E-state index contributed by atoms with van der Waals surface area (Å²) in [4.78, 5) is 44.2. The van der Waals surface area contributed by atoms with Crippen LogP contribution in [0.3, 0.4) is 0 Å². The average molecular weight is 467 g/mol. The van der Waals surface area contributed by atoms with Crippen LogP contribution in [-0.2, 0) is 18.4 Å². The SMILES string of the molecule is CCn1c(SCC(=O)NC(=O)c2cccn2C)nc2sc(-c3ccccc3)c(C)c2c1=O. The first-order chi connectivity index (χ1) is 15.4. The Hall–Kier alpha value is -3.17. The van der Waals surface area contributed by atoms with Crippen LogP contribution >= 0.6 is 23.1 Å². The van der Waals surface area contributed by atoms with Gasteiger partial charge >= 0.3 is 0 Å². The van der Waals surface area contributed by atoms with Gasteiger partial charge in [0.05, 0.1) is 11.1 Å². The van der Waals surface area contributed by atoms with Gasteiger partial charge in [-0.05, 0) is 37.1 Å². The topological polar surface area (TPSA) is 86.0 Å². The lowest BCUT2D eigenvalue weighted by atomic mass is 10.1. The van der Waals surface area contributed by atoms with Crippen molar-refractivity contribution in [1.82, 2.24) is 19.4 Å². The molecule has 1 aromatic carbocycles. The van der Waals surface area contributed by atoms with E-state index in [1.165, 1.54) is 11.3 Å². The Morgan fingerprint density at radius 3 is 2.56 bits per heavy atom. The molecule has 0 aliphatic rings. The van der Waals surface area contributed by atoms with Crippen molar-refractivity contribution in [3.63, 3.8) is 0 Å². The van der Waals surface area contributed by atoms with Crippen molar-refractivity contribution < 1.29 is 9.59 Å². The summed E-state index contributed by atoms with van der Waals surface area (Å²) in [5, 5.41) is 3.46. The maximum Gasteiger partial charge on any atom is 0.274 e. The lowest BCUT2D eigenvalue weighted by Gasteiger charge is -2.10. The van der Waals surface area contributed by atoms with Crippen molar-refractivity contribution >= 4 is 45.1 Å². The zero-order valence-corrected chi connectivity index (χ0v) is 19.5. The fraction of sp³-hybridized carbons (Fsp3) is 0.217. The molecular weight excluding hydrogens is 444 g/mol. The Morgan fingerprint density at radius 2 is 1.91 bits per heavy atom. The van der Waals surface area contributed by atoms with E-state index in [9.17, 15) is 14.4 Å². The van der Waals surface area contributed by atoms with Crippen LogP contribution in [0.4, 0.5) is 0 Å². The van der Waals surface area contributed by atoms with E-state index in [0.29, 0.717) is 27.6 Å². The van der Waals surface area contributed by atoms with Crippen molar-refractivity contribution in [2.45, 2.75) is 25.5 Å². The van der Waals surface area contributed by atoms with E-state index in [1.54, 1.807) is 34.5 Å². The highest BCUT2D eigenvalue weighted by Gasteiger charge is 2.20. The van der Waals surface area contributed by atoms with Crippen molar-refractivity contribution in [3.05, 3.63) is 70.3 Å². The number of amides is 2. The Labute approximate surface area is 193 Å². The highest BCUT2D eigenvalue weighted by atomic mass is 32.2. The number of carbonyl (C=O) groups excluding carboxylic acids is 2. The average Bonchev–Trinajstić information content (AvgIpc) is 3.36. The summed E-state index contributed by atoms with van der Waals surface area (Å²) in [5.41, 5.74) is 2.24. The molecular formula is C23H22N4O3S2. The maximum atomic E-state index is 13.2. The van der Waals surface area contributed by atoms with E-state index in [-0.39, 0.29) is 11.3 Å². The number of thiophene rings is 1. The summed E-state index contributed by atoms with van der Waals surface area (Å²) in [6.45, 7) is 4.25. The highest BCUT2D eigenvalue weighted by Crippen LogP contribution is 2.36. The molecule has 7 nitrogen and oxygen atoms in total. The summed E-state index contributed by atoms with van der Waals surface area (Å²) in [6.07, 6.45) is 1.74. The Balaban J connectivity index is 1.60. The first-order valence-corrected chi connectivity index (χ1v) is 11.9. The van der Waals surface area contributed by atoms with Gasteiger partial charge in [-0.15, -0.1) is 11.3 Å². The van der Waals surface area contributed by atoms with E-state index < -0.39 is 11.8 Å². The van der Waals surface area contributed by atoms with Crippen molar-refractivity contribution in [2.24, 2.45) is 7.05 Å². The molecule has 1 N–H and O–H groups in total. The predicted molar refractivity (Wildman–Crippen MR) is 128 cm³/mol. The first kappa shape index (κ1) is 22.0. The molecule has 3 aromatic heterocycles. The molecule has 4 rings (SSSR count). The largest absolute Gasteiger partial charge is 0.347 e. The van der Waals surface area contributed by atoms with Crippen molar-refractivity contribution in [1.29, 1.82) is 0 Å². The molecule has 32 heavy (non-hydrogen) atoms. The summed E-state index contributed by atoms with van der Waals surface area (Å²) in [7, 11) is 1.74. The third kappa shape index (κ3) is 4.13. The highest BCUT2D eigenvalue weighted by molar-refractivity contribution is 7.99. The molecule has 0 aliphatic carbocycles. The molecule has 0 aliphatic heterocycles. The number of carbonyl (C=O) groups is 2. The van der Waals surface area contributed by atoms with Crippen LogP contribution < -0.4 is 10.9 Å². The number of rotatable bonds is 6. The number of nitrogens with zero attached hydrogens (tertiary/aromatic N) is 3. The summed E-state index contributed by atoms with van der Waals surface area (Å²) < 4.78 is 3.22. The minimum atomic E-state index is -0.458. The van der Waals surface area contributed by atoms with Gasteiger partial charge in [0.15, 0.2) is 5.16 Å². The maximum absolute atomic E-state index is 13.2. The lowest BCUT2D eigenvalue weighted by molar-refractivity contribution is -0.117. The fourth-order valence-corrected chi connectivity index (χ4v) is 5.60. The van der Waals surface area contributed by atoms with Gasteiger partial charge in [0.25, 0.3) is 11.5 Å². The molecule has 0 atom stereocenters. The molecule has 0 fully saturated rings. The number of aromatic nitrogens is 3. The molecule has 0 unspecified atom stereocenters. The van der Waals surface area contributed by atoms with E-state index in [2.05, 4.69) is 5.32 Å². The number of fused-ring (bicyclic) bond motifs is 1.